The van der Waals surface area contributed by atoms with Crippen molar-refractivity contribution in [2.24, 2.45) is 11.8 Å². The number of methoxy groups -OCH3 is 1. The Bertz CT molecular complexity index is 1020. The second kappa shape index (κ2) is 7.31. The molecule has 3 heterocycles. The van der Waals surface area contributed by atoms with Crippen molar-refractivity contribution in [3.05, 3.63) is 42.0 Å². The first-order valence-corrected chi connectivity index (χ1v) is 9.47. The van der Waals surface area contributed by atoms with Gasteiger partial charge < -0.3 is 18.9 Å². The number of hydrogen-bond acceptors (Lipinski definition) is 9. The van der Waals surface area contributed by atoms with Crippen LogP contribution in [0.4, 0.5) is 5.69 Å². The van der Waals surface area contributed by atoms with E-state index in [0.717, 1.165) is 18.7 Å². The third kappa shape index (κ3) is 3.10. The van der Waals surface area contributed by atoms with Crippen LogP contribution in [0.25, 0.3) is 0 Å². The maximum absolute atomic E-state index is 13.4. The normalized spacial score (nSPS) is 28.1. The summed E-state index contributed by atoms with van der Waals surface area (Å²) in [4.78, 5) is 62.7. The predicted molar refractivity (Wildman–Crippen MR) is 101 cm³/mol. The molecule has 4 atom stereocenters. The van der Waals surface area contributed by atoms with Crippen LogP contribution in [0, 0.1) is 11.8 Å². The van der Waals surface area contributed by atoms with E-state index in [1.165, 1.54) is 37.5 Å². The van der Waals surface area contributed by atoms with Crippen molar-refractivity contribution in [3.8, 4) is 0 Å². The van der Waals surface area contributed by atoms with Gasteiger partial charge in [-0.1, -0.05) is 12.1 Å². The largest absolute Gasteiger partial charge is 0.465 e. The van der Waals surface area contributed by atoms with E-state index in [0.29, 0.717) is 0 Å². The Morgan fingerprint density at radius 3 is 2.39 bits per heavy atom. The van der Waals surface area contributed by atoms with Crippen LogP contribution < -0.4 is 4.90 Å². The third-order valence-corrected chi connectivity index (χ3v) is 5.52. The number of imide groups is 1. The van der Waals surface area contributed by atoms with Gasteiger partial charge in [0.1, 0.15) is 0 Å². The molecule has 10 nitrogen and oxygen atoms in total. The maximum Gasteiger partial charge on any atom is 0.337 e. The van der Waals surface area contributed by atoms with Crippen molar-refractivity contribution < 1.29 is 42.9 Å². The average Bonchev–Trinajstić information content (AvgIpc) is 3.37. The molecule has 0 radical (unpaired) electrons. The Kier molecular flexibility index (Phi) is 4.89. The summed E-state index contributed by atoms with van der Waals surface area (Å²) in [6.45, 7) is 2.25. The molecule has 2 fully saturated rings. The molecule has 10 heteroatoms. The Hall–Kier alpha value is -3.53. The molecule has 4 rings (SSSR count). The first kappa shape index (κ1) is 20.7. The van der Waals surface area contributed by atoms with E-state index in [4.69, 9.17) is 18.9 Å². The number of esters is 3. The molecule has 0 aromatic heterocycles. The summed E-state index contributed by atoms with van der Waals surface area (Å²) in [6, 6.07) is 5.91. The number of carbonyl (C=O) groups excluding carboxylic acids is 5. The first-order chi connectivity index (χ1) is 14.7. The van der Waals surface area contributed by atoms with Crippen molar-refractivity contribution in [3.63, 3.8) is 0 Å². The van der Waals surface area contributed by atoms with Gasteiger partial charge in [-0.2, -0.15) is 0 Å². The molecule has 0 saturated carbocycles. The van der Waals surface area contributed by atoms with E-state index >= 15 is 0 Å². The van der Waals surface area contributed by atoms with Crippen molar-refractivity contribution in [2.75, 3.05) is 12.0 Å². The zero-order chi connectivity index (χ0) is 22.5. The molecule has 162 valence electrons. The van der Waals surface area contributed by atoms with Gasteiger partial charge in [-0.3, -0.25) is 19.2 Å². The maximum atomic E-state index is 13.4. The minimum atomic E-state index is -1.63. The molecule has 1 aromatic carbocycles. The zero-order valence-corrected chi connectivity index (χ0v) is 16.9. The molecule has 2 amide bonds. The van der Waals surface area contributed by atoms with Gasteiger partial charge >= 0.3 is 17.9 Å². The lowest BCUT2D eigenvalue weighted by Crippen LogP contribution is -2.52. The van der Waals surface area contributed by atoms with Crippen LogP contribution in [-0.4, -0.2) is 54.8 Å². The number of carbonyl (C=O) groups is 5. The third-order valence-electron chi connectivity index (χ3n) is 5.52. The SMILES string of the molecule is COC(=O)c1cccc(N2C(=O)[C@H]3[C@@H]4C=C[C@@](C(OC(C)=O)OC(C)=O)(O4)[C@@H]3C2=O)c1. The van der Waals surface area contributed by atoms with Crippen LogP contribution in [0.1, 0.15) is 24.2 Å². The van der Waals surface area contributed by atoms with E-state index < -0.39 is 59.6 Å². The molecule has 3 aliphatic rings. The highest BCUT2D eigenvalue weighted by Crippen LogP contribution is 2.54. The molecule has 0 spiro atoms. The molecular weight excluding hydrogens is 410 g/mol. The van der Waals surface area contributed by atoms with Crippen LogP contribution in [0.15, 0.2) is 36.4 Å². The average molecular weight is 429 g/mol. The van der Waals surface area contributed by atoms with Crippen molar-refractivity contribution in [1.29, 1.82) is 0 Å². The fourth-order valence-electron chi connectivity index (χ4n) is 4.36. The summed E-state index contributed by atoms with van der Waals surface area (Å²) in [5, 5.41) is 0. The Morgan fingerprint density at radius 2 is 1.77 bits per heavy atom. The standard InChI is InChI=1S/C21H19NO9/c1-10(23)29-20(30-11(2)24)21-8-7-14(31-21)15-16(21)18(26)22(17(15)25)13-6-4-5-12(9-13)19(27)28-3/h4-9,14-16,20H,1-3H3/t14-,15-,16-,21+/m0/s1. The van der Waals surface area contributed by atoms with Crippen LogP contribution in [0.5, 0.6) is 0 Å². The summed E-state index contributed by atoms with van der Waals surface area (Å²) in [7, 11) is 1.22. The Labute approximate surface area is 176 Å². The van der Waals surface area contributed by atoms with Crippen molar-refractivity contribution in [2.45, 2.75) is 31.8 Å². The number of rotatable bonds is 5. The van der Waals surface area contributed by atoms with Gasteiger partial charge in [-0.15, -0.1) is 0 Å². The molecule has 31 heavy (non-hydrogen) atoms. The van der Waals surface area contributed by atoms with Crippen molar-refractivity contribution >= 4 is 35.4 Å². The second-order valence-corrected chi connectivity index (χ2v) is 7.40. The highest BCUT2D eigenvalue weighted by molar-refractivity contribution is 6.23. The van der Waals surface area contributed by atoms with E-state index in [1.54, 1.807) is 6.08 Å². The first-order valence-electron chi connectivity index (χ1n) is 9.47. The molecule has 2 bridgehead atoms. The number of nitrogens with zero attached hydrogens (tertiary/aromatic N) is 1. The number of hydrogen-bond donors (Lipinski definition) is 0. The van der Waals surface area contributed by atoms with Crippen LogP contribution in [0.2, 0.25) is 0 Å². The van der Waals surface area contributed by atoms with Crippen LogP contribution >= 0.6 is 0 Å². The Balaban J connectivity index is 1.73. The molecule has 0 N–H and O–H groups in total. The van der Waals surface area contributed by atoms with E-state index in [2.05, 4.69) is 0 Å². The lowest BCUT2D eigenvalue weighted by Gasteiger charge is -2.34. The zero-order valence-electron chi connectivity index (χ0n) is 16.9. The molecule has 2 saturated heterocycles. The van der Waals surface area contributed by atoms with Gasteiger partial charge in [0.2, 0.25) is 11.8 Å². The second-order valence-electron chi connectivity index (χ2n) is 7.40. The van der Waals surface area contributed by atoms with E-state index in [1.807, 2.05) is 0 Å². The van der Waals surface area contributed by atoms with Crippen LogP contribution in [0.3, 0.4) is 0 Å². The molecular formula is C21H19NO9. The molecule has 0 unspecified atom stereocenters. The smallest absolute Gasteiger partial charge is 0.337 e. The number of benzene rings is 1. The quantitative estimate of drug-likeness (QED) is 0.288. The summed E-state index contributed by atoms with van der Waals surface area (Å²) in [6.07, 6.45) is 0.774. The number of fused-ring (bicyclic) bond motifs is 5. The van der Waals surface area contributed by atoms with E-state index in [9.17, 15) is 24.0 Å². The predicted octanol–water partition coefficient (Wildman–Crippen LogP) is 0.738. The Morgan fingerprint density at radius 1 is 1.10 bits per heavy atom. The van der Waals surface area contributed by atoms with Gasteiger partial charge in [-0.05, 0) is 24.3 Å². The molecule has 0 aliphatic carbocycles. The lowest BCUT2D eigenvalue weighted by atomic mass is 9.76. The fraction of sp³-hybridized carbons (Fsp3) is 0.381. The van der Waals surface area contributed by atoms with Gasteiger partial charge in [-0.25, -0.2) is 9.69 Å². The van der Waals surface area contributed by atoms with Gasteiger partial charge in [0, 0.05) is 13.8 Å². The van der Waals surface area contributed by atoms with E-state index in [-0.39, 0.29) is 11.3 Å². The minimum absolute atomic E-state index is 0.169. The van der Waals surface area contributed by atoms with Crippen LogP contribution in [-0.2, 0) is 38.1 Å². The van der Waals surface area contributed by atoms with Gasteiger partial charge in [0.15, 0.2) is 5.60 Å². The number of anilines is 1. The summed E-state index contributed by atoms with van der Waals surface area (Å²) < 4.78 is 20.9. The minimum Gasteiger partial charge on any atom is -0.465 e. The fourth-order valence-corrected chi connectivity index (χ4v) is 4.36. The van der Waals surface area contributed by atoms with Gasteiger partial charge in [0.25, 0.3) is 6.29 Å². The summed E-state index contributed by atoms with van der Waals surface area (Å²) in [5.41, 5.74) is -1.27. The van der Waals surface area contributed by atoms with Crippen molar-refractivity contribution in [1.82, 2.24) is 0 Å². The molecule has 1 aromatic rings. The lowest BCUT2D eigenvalue weighted by molar-refractivity contribution is -0.226. The number of amides is 2. The van der Waals surface area contributed by atoms with Gasteiger partial charge in [0.05, 0.1) is 36.3 Å². The monoisotopic (exact) mass is 429 g/mol. The molecule has 3 aliphatic heterocycles. The highest BCUT2D eigenvalue weighted by Gasteiger charge is 2.72. The highest BCUT2D eigenvalue weighted by atomic mass is 16.7. The number of ether oxygens (including phenoxy) is 4. The topological polar surface area (TPSA) is 126 Å². The summed E-state index contributed by atoms with van der Waals surface area (Å²) in [5.74, 6) is -5.24. The summed E-state index contributed by atoms with van der Waals surface area (Å²) >= 11 is 0.